The lowest BCUT2D eigenvalue weighted by atomic mass is 9.87. The summed E-state index contributed by atoms with van der Waals surface area (Å²) in [4.78, 5) is 12.3. The van der Waals surface area contributed by atoms with Crippen LogP contribution in [0.4, 0.5) is 0 Å². The number of benzene rings is 1. The van der Waals surface area contributed by atoms with Crippen LogP contribution in [0.1, 0.15) is 31.2 Å². The van der Waals surface area contributed by atoms with Crippen molar-refractivity contribution in [1.29, 1.82) is 0 Å². The molecule has 0 aliphatic carbocycles. The average molecular weight is 314 g/mol. The number of nitrogens with one attached hydrogen (secondary N) is 1. The van der Waals surface area contributed by atoms with E-state index in [1.54, 1.807) is 10.9 Å². The Labute approximate surface area is 135 Å². The first-order chi connectivity index (χ1) is 11.1. The van der Waals surface area contributed by atoms with Crippen LogP contribution in [0.5, 0.6) is 5.75 Å². The molecule has 5 heteroatoms. The zero-order valence-corrected chi connectivity index (χ0v) is 13.4. The van der Waals surface area contributed by atoms with Gasteiger partial charge in [0.1, 0.15) is 18.4 Å². The van der Waals surface area contributed by atoms with Crippen LogP contribution in [0.25, 0.3) is 0 Å². The zero-order chi connectivity index (χ0) is 16.4. The lowest BCUT2D eigenvalue weighted by molar-refractivity contribution is 0.0651. The summed E-state index contributed by atoms with van der Waals surface area (Å²) < 4.78 is 7.49. The van der Waals surface area contributed by atoms with E-state index in [4.69, 9.17) is 4.74 Å². The number of hydrogen-bond acceptors (Lipinski definition) is 4. The van der Waals surface area contributed by atoms with E-state index in [-0.39, 0.29) is 17.1 Å². The summed E-state index contributed by atoms with van der Waals surface area (Å²) in [6.07, 6.45) is 0.920. The molecule has 0 fully saturated rings. The second kappa shape index (κ2) is 6.46. The molecule has 3 rings (SSSR count). The number of aliphatic hydroxyl groups is 1. The Morgan fingerprint density at radius 1 is 1.30 bits per heavy atom. The van der Waals surface area contributed by atoms with Gasteiger partial charge in [0.15, 0.2) is 5.75 Å². The summed E-state index contributed by atoms with van der Waals surface area (Å²) in [6.45, 7) is 5.09. The number of hydrogen-bond donors (Lipinski definition) is 2. The smallest absolute Gasteiger partial charge is 0.223 e. The van der Waals surface area contributed by atoms with E-state index in [9.17, 15) is 9.90 Å². The van der Waals surface area contributed by atoms with Gasteiger partial charge in [-0.1, -0.05) is 44.2 Å². The molecule has 1 aliphatic heterocycles. The highest BCUT2D eigenvalue weighted by Gasteiger charge is 2.33. The minimum absolute atomic E-state index is 0.0378. The quantitative estimate of drug-likeness (QED) is 0.909. The van der Waals surface area contributed by atoms with Crippen LogP contribution in [-0.4, -0.2) is 16.3 Å². The Bertz CT molecular complexity index is 725. The third kappa shape index (κ3) is 3.10. The first kappa shape index (κ1) is 15.6. The van der Waals surface area contributed by atoms with Gasteiger partial charge in [0, 0.05) is 24.7 Å². The fourth-order valence-electron chi connectivity index (χ4n) is 2.94. The maximum Gasteiger partial charge on any atom is 0.223 e. The molecule has 2 heterocycles. The van der Waals surface area contributed by atoms with Crippen molar-refractivity contribution in [2.75, 3.05) is 12.0 Å². The Morgan fingerprint density at radius 2 is 2.04 bits per heavy atom. The molecular formula is C18H22N2O3. The lowest BCUT2D eigenvalue weighted by Gasteiger charge is -2.35. The average Bonchev–Trinajstić information content (AvgIpc) is 2.55. The van der Waals surface area contributed by atoms with Crippen LogP contribution in [-0.2, 0) is 6.61 Å². The molecule has 0 amide bonds. The van der Waals surface area contributed by atoms with Crippen molar-refractivity contribution in [3.63, 3.8) is 0 Å². The largest absolute Gasteiger partial charge is 0.483 e. The molecule has 122 valence electrons. The predicted octanol–water partition coefficient (Wildman–Crippen LogP) is 2.29. The maximum atomic E-state index is 12.3. The number of aliphatic hydroxyl groups excluding tert-OH is 1. The lowest BCUT2D eigenvalue weighted by Crippen LogP contribution is -2.39. The van der Waals surface area contributed by atoms with Crippen molar-refractivity contribution < 1.29 is 9.84 Å². The number of aromatic nitrogens is 1. The molecule has 2 N–H and O–H groups in total. The molecule has 1 aromatic carbocycles. The third-order valence-corrected chi connectivity index (χ3v) is 4.36. The van der Waals surface area contributed by atoms with Crippen molar-refractivity contribution in [3.05, 3.63) is 64.1 Å². The fraction of sp³-hybridized carbons (Fsp3) is 0.389. The number of fused-ring (bicyclic) bond motifs is 1. The molecule has 5 nitrogen and oxygen atoms in total. The predicted molar refractivity (Wildman–Crippen MR) is 89.0 cm³/mol. The van der Waals surface area contributed by atoms with Gasteiger partial charge in [0.05, 0.1) is 0 Å². The molecule has 1 aromatic heterocycles. The molecule has 0 saturated carbocycles. The van der Waals surface area contributed by atoms with Gasteiger partial charge in [-0.2, -0.15) is 0 Å². The van der Waals surface area contributed by atoms with Crippen LogP contribution in [0.2, 0.25) is 0 Å². The van der Waals surface area contributed by atoms with Crippen molar-refractivity contribution in [2.45, 2.75) is 26.6 Å². The monoisotopic (exact) mass is 314 g/mol. The van der Waals surface area contributed by atoms with Gasteiger partial charge in [-0.3, -0.25) is 9.47 Å². The number of pyridine rings is 1. The van der Waals surface area contributed by atoms with E-state index in [0.717, 1.165) is 5.56 Å². The number of ether oxygens (including phenoxy) is 1. The highest BCUT2D eigenvalue weighted by Crippen LogP contribution is 2.34. The Kier molecular flexibility index (Phi) is 4.39. The van der Waals surface area contributed by atoms with Gasteiger partial charge >= 0.3 is 0 Å². The first-order valence-corrected chi connectivity index (χ1v) is 7.92. The second-order valence-electron chi connectivity index (χ2n) is 6.25. The summed E-state index contributed by atoms with van der Waals surface area (Å²) in [5.74, 6) is 0.557. The zero-order valence-electron chi connectivity index (χ0n) is 13.4. The SMILES string of the molecule is CC(C)C1CNn2ccc(=O)c(OCc3ccccc3)c2C1O. The Balaban J connectivity index is 1.93. The van der Waals surface area contributed by atoms with Crippen molar-refractivity contribution in [2.24, 2.45) is 11.8 Å². The topological polar surface area (TPSA) is 63.5 Å². The molecule has 23 heavy (non-hydrogen) atoms. The third-order valence-electron chi connectivity index (χ3n) is 4.36. The molecule has 2 aromatic rings. The van der Waals surface area contributed by atoms with Gasteiger partial charge in [0.2, 0.25) is 5.43 Å². The Hall–Kier alpha value is -2.27. The van der Waals surface area contributed by atoms with Crippen LogP contribution in [0.3, 0.4) is 0 Å². The molecular weight excluding hydrogens is 292 g/mol. The van der Waals surface area contributed by atoms with Gasteiger partial charge in [0.25, 0.3) is 0 Å². The molecule has 0 saturated heterocycles. The van der Waals surface area contributed by atoms with Gasteiger partial charge < -0.3 is 15.3 Å². The molecule has 1 aliphatic rings. The van der Waals surface area contributed by atoms with Gasteiger partial charge in [-0.05, 0) is 11.5 Å². The van der Waals surface area contributed by atoms with Crippen LogP contribution < -0.4 is 15.6 Å². The number of nitrogens with zero attached hydrogens (tertiary/aromatic N) is 1. The van der Waals surface area contributed by atoms with Crippen LogP contribution in [0, 0.1) is 11.8 Å². The van der Waals surface area contributed by atoms with Gasteiger partial charge in [-0.15, -0.1) is 0 Å². The van der Waals surface area contributed by atoms with Gasteiger partial charge in [-0.25, -0.2) is 0 Å². The molecule has 2 atom stereocenters. The van der Waals surface area contributed by atoms with Crippen molar-refractivity contribution in [1.82, 2.24) is 4.68 Å². The highest BCUT2D eigenvalue weighted by molar-refractivity contribution is 5.33. The van der Waals surface area contributed by atoms with Crippen LogP contribution >= 0.6 is 0 Å². The number of rotatable bonds is 4. The van der Waals surface area contributed by atoms with Crippen molar-refractivity contribution >= 4 is 0 Å². The Morgan fingerprint density at radius 3 is 2.74 bits per heavy atom. The van der Waals surface area contributed by atoms with E-state index in [2.05, 4.69) is 19.3 Å². The van der Waals surface area contributed by atoms with E-state index in [0.29, 0.717) is 24.8 Å². The summed E-state index contributed by atoms with van der Waals surface area (Å²) >= 11 is 0. The fourth-order valence-corrected chi connectivity index (χ4v) is 2.94. The van der Waals surface area contributed by atoms with E-state index in [1.807, 2.05) is 30.3 Å². The summed E-state index contributed by atoms with van der Waals surface area (Å²) in [5, 5.41) is 10.7. The minimum Gasteiger partial charge on any atom is -0.483 e. The van der Waals surface area contributed by atoms with E-state index < -0.39 is 6.10 Å². The molecule has 0 radical (unpaired) electrons. The van der Waals surface area contributed by atoms with Crippen LogP contribution in [0.15, 0.2) is 47.4 Å². The summed E-state index contributed by atoms with van der Waals surface area (Å²) in [5.41, 5.74) is 4.51. The maximum absolute atomic E-state index is 12.3. The highest BCUT2D eigenvalue weighted by atomic mass is 16.5. The van der Waals surface area contributed by atoms with E-state index >= 15 is 0 Å². The second-order valence-corrected chi connectivity index (χ2v) is 6.25. The summed E-state index contributed by atoms with van der Waals surface area (Å²) in [7, 11) is 0. The minimum atomic E-state index is -0.726. The molecule has 0 spiro atoms. The normalized spacial score (nSPS) is 20.0. The van der Waals surface area contributed by atoms with E-state index in [1.165, 1.54) is 6.07 Å². The standard InChI is InChI=1S/C18H22N2O3/c1-12(2)14-10-19-20-9-8-15(21)18(16(20)17(14)22)23-11-13-6-4-3-5-7-13/h3-9,12,14,17,19,22H,10-11H2,1-2H3. The van der Waals surface area contributed by atoms with Crippen molar-refractivity contribution in [3.8, 4) is 5.75 Å². The molecule has 2 unspecified atom stereocenters. The first-order valence-electron chi connectivity index (χ1n) is 7.92. The summed E-state index contributed by atoms with van der Waals surface area (Å²) in [6, 6.07) is 11.1. The molecule has 0 bridgehead atoms.